The summed E-state index contributed by atoms with van der Waals surface area (Å²) in [5.41, 5.74) is 0.908. The number of anilines is 1. The molecule has 4 aromatic rings. The average Bonchev–Trinajstić information content (AvgIpc) is 3.51. The molecule has 3 aromatic carbocycles. The van der Waals surface area contributed by atoms with Gasteiger partial charge in [0.15, 0.2) is 0 Å². The fourth-order valence-corrected chi connectivity index (χ4v) is 5.28. The Morgan fingerprint density at radius 2 is 1.52 bits per heavy atom. The summed E-state index contributed by atoms with van der Waals surface area (Å²) in [7, 11) is 3.27. The number of H-pyrrole nitrogens is 1. The highest BCUT2D eigenvalue weighted by atomic mass is 16.6. The van der Waals surface area contributed by atoms with Crippen LogP contribution >= 0.6 is 0 Å². The summed E-state index contributed by atoms with van der Waals surface area (Å²) in [5, 5.41) is 2.84. The largest absolute Gasteiger partial charge is 0.497 e. The predicted octanol–water partition coefficient (Wildman–Crippen LogP) is 4.29. The predicted molar refractivity (Wildman–Crippen MR) is 160 cm³/mol. The lowest BCUT2D eigenvalue weighted by molar-refractivity contribution is -0.0773. The fraction of sp³-hybridized carbons (Fsp3) is 0.273. The van der Waals surface area contributed by atoms with Crippen LogP contribution in [0.5, 0.6) is 11.5 Å². The van der Waals surface area contributed by atoms with Gasteiger partial charge in [-0.15, -0.1) is 6.42 Å². The number of nitrogens with one attached hydrogen (secondary N) is 2. The SMILES string of the molecule is C#CCNc1cn([C@H]2CC[C@@H](COC(c3ccccc3)(c3ccc(OC)cc3)c3ccc(OC)cc3)O2)c(=O)[nH]c1=O. The number of rotatable bonds is 11. The number of ether oxygens (including phenoxy) is 4. The van der Waals surface area contributed by atoms with Crippen molar-refractivity contribution in [2.75, 3.05) is 32.7 Å². The second kappa shape index (κ2) is 12.8. The zero-order valence-electron chi connectivity index (χ0n) is 23.5. The van der Waals surface area contributed by atoms with Crippen LogP contribution in [0.1, 0.15) is 35.8 Å². The van der Waals surface area contributed by atoms with Gasteiger partial charge in [0.1, 0.15) is 29.0 Å². The molecule has 1 fully saturated rings. The minimum Gasteiger partial charge on any atom is -0.497 e. The lowest BCUT2D eigenvalue weighted by Gasteiger charge is -2.37. The minimum absolute atomic E-state index is 0.154. The molecule has 0 bridgehead atoms. The number of hydrogen-bond acceptors (Lipinski definition) is 7. The van der Waals surface area contributed by atoms with Gasteiger partial charge in [0.05, 0.1) is 33.5 Å². The number of hydrogen-bond donors (Lipinski definition) is 2. The Kier molecular flexibility index (Phi) is 8.77. The summed E-state index contributed by atoms with van der Waals surface area (Å²) in [6.07, 6.45) is 7.11. The van der Waals surface area contributed by atoms with Crippen LogP contribution in [0.3, 0.4) is 0 Å². The Hall–Kier alpha value is -4.78. The van der Waals surface area contributed by atoms with E-state index in [1.54, 1.807) is 14.2 Å². The maximum Gasteiger partial charge on any atom is 0.330 e. The summed E-state index contributed by atoms with van der Waals surface area (Å²) in [4.78, 5) is 27.2. The first-order chi connectivity index (χ1) is 20.5. The van der Waals surface area contributed by atoms with Gasteiger partial charge in [-0.25, -0.2) is 4.79 Å². The summed E-state index contributed by atoms with van der Waals surface area (Å²) in [5.74, 6) is 3.90. The number of benzene rings is 3. The van der Waals surface area contributed by atoms with Crippen molar-refractivity contribution in [3.05, 3.63) is 123 Å². The zero-order chi connectivity index (χ0) is 29.5. The van der Waals surface area contributed by atoms with Gasteiger partial charge in [0, 0.05) is 6.20 Å². The molecule has 9 heteroatoms. The second-order valence-electron chi connectivity index (χ2n) is 9.87. The van der Waals surface area contributed by atoms with Crippen molar-refractivity contribution in [1.29, 1.82) is 0 Å². The quantitative estimate of drug-likeness (QED) is 0.206. The lowest BCUT2D eigenvalue weighted by Crippen LogP contribution is -2.36. The highest BCUT2D eigenvalue weighted by molar-refractivity contribution is 5.49. The van der Waals surface area contributed by atoms with Crippen molar-refractivity contribution in [1.82, 2.24) is 9.55 Å². The number of aromatic nitrogens is 2. The molecule has 5 rings (SSSR count). The van der Waals surface area contributed by atoms with E-state index < -0.39 is 23.1 Å². The van der Waals surface area contributed by atoms with Crippen LogP contribution in [0.15, 0.2) is 94.6 Å². The Morgan fingerprint density at radius 3 is 2.10 bits per heavy atom. The molecule has 2 N–H and O–H groups in total. The van der Waals surface area contributed by atoms with Crippen molar-refractivity contribution in [3.63, 3.8) is 0 Å². The van der Waals surface area contributed by atoms with Crippen molar-refractivity contribution in [3.8, 4) is 23.8 Å². The molecule has 9 nitrogen and oxygen atoms in total. The molecule has 2 atom stereocenters. The molecular formula is C33H33N3O6. The van der Waals surface area contributed by atoms with Gasteiger partial charge in [-0.3, -0.25) is 14.3 Å². The Labute approximate surface area is 244 Å². The van der Waals surface area contributed by atoms with E-state index in [-0.39, 0.29) is 24.9 Å². The molecule has 1 aliphatic rings. The maximum atomic E-state index is 12.6. The first kappa shape index (κ1) is 28.7. The normalized spacial score (nSPS) is 16.5. The van der Waals surface area contributed by atoms with E-state index >= 15 is 0 Å². The smallest absolute Gasteiger partial charge is 0.330 e. The zero-order valence-corrected chi connectivity index (χ0v) is 23.5. The van der Waals surface area contributed by atoms with Crippen LogP contribution in [0.2, 0.25) is 0 Å². The van der Waals surface area contributed by atoms with Gasteiger partial charge < -0.3 is 24.3 Å². The maximum absolute atomic E-state index is 12.6. The summed E-state index contributed by atoms with van der Waals surface area (Å²) in [6.45, 7) is 0.394. The van der Waals surface area contributed by atoms with Gasteiger partial charge >= 0.3 is 5.69 Å². The van der Waals surface area contributed by atoms with Crippen LogP contribution in [-0.4, -0.2) is 43.0 Å². The van der Waals surface area contributed by atoms with Crippen molar-refractivity contribution in [2.24, 2.45) is 0 Å². The molecule has 0 amide bonds. The monoisotopic (exact) mass is 567 g/mol. The number of methoxy groups -OCH3 is 2. The first-order valence-corrected chi connectivity index (χ1v) is 13.6. The van der Waals surface area contributed by atoms with E-state index in [0.29, 0.717) is 12.8 Å². The summed E-state index contributed by atoms with van der Waals surface area (Å²) < 4.78 is 25.5. The number of aromatic amines is 1. The van der Waals surface area contributed by atoms with Crippen LogP contribution in [0.25, 0.3) is 0 Å². The van der Waals surface area contributed by atoms with Gasteiger partial charge in [-0.2, -0.15) is 0 Å². The van der Waals surface area contributed by atoms with E-state index in [2.05, 4.69) is 16.2 Å². The van der Waals surface area contributed by atoms with E-state index in [1.807, 2.05) is 78.9 Å². The van der Waals surface area contributed by atoms with E-state index in [4.69, 9.17) is 25.4 Å². The Morgan fingerprint density at radius 1 is 0.929 bits per heavy atom. The molecular weight excluding hydrogens is 534 g/mol. The van der Waals surface area contributed by atoms with Gasteiger partial charge in [0.25, 0.3) is 5.56 Å². The third kappa shape index (κ3) is 5.81. The van der Waals surface area contributed by atoms with Crippen molar-refractivity contribution < 1.29 is 18.9 Å². The van der Waals surface area contributed by atoms with E-state index in [9.17, 15) is 9.59 Å². The third-order valence-corrected chi connectivity index (χ3v) is 7.40. The lowest BCUT2D eigenvalue weighted by atomic mass is 9.80. The molecule has 1 aliphatic heterocycles. The van der Waals surface area contributed by atoms with Crippen molar-refractivity contribution >= 4 is 5.69 Å². The number of nitrogens with zero attached hydrogens (tertiary/aromatic N) is 1. The molecule has 42 heavy (non-hydrogen) atoms. The molecule has 0 spiro atoms. The molecule has 0 saturated carbocycles. The molecule has 1 aromatic heterocycles. The highest BCUT2D eigenvalue weighted by Crippen LogP contribution is 2.42. The van der Waals surface area contributed by atoms with E-state index in [0.717, 1.165) is 28.2 Å². The summed E-state index contributed by atoms with van der Waals surface area (Å²) in [6, 6.07) is 25.7. The van der Waals surface area contributed by atoms with Gasteiger partial charge in [-0.1, -0.05) is 60.5 Å². The molecule has 216 valence electrons. The molecule has 0 radical (unpaired) electrons. The van der Waals surface area contributed by atoms with Crippen LogP contribution in [0, 0.1) is 12.3 Å². The highest BCUT2D eigenvalue weighted by Gasteiger charge is 2.39. The van der Waals surface area contributed by atoms with Crippen LogP contribution < -0.4 is 26.0 Å². The van der Waals surface area contributed by atoms with Gasteiger partial charge in [0.2, 0.25) is 0 Å². The standard InChI is InChI=1S/C33H33N3O6/c1-4-20-34-29-21-36(32(38)35-31(29)37)30-19-18-28(42-30)22-41-33(23-8-6-5-7-9-23,24-10-14-26(39-2)15-11-24)25-12-16-27(40-3)17-13-25/h1,5-17,21,28,30,34H,18-20,22H2,2-3H3,(H,35,37,38)/t28-,30+/m0/s1. The number of terminal acetylenes is 1. The average molecular weight is 568 g/mol. The Bertz CT molecular complexity index is 1590. The van der Waals surface area contributed by atoms with E-state index in [1.165, 1.54) is 10.8 Å². The molecule has 2 heterocycles. The first-order valence-electron chi connectivity index (χ1n) is 13.6. The topological polar surface area (TPSA) is 104 Å². The molecule has 0 aliphatic carbocycles. The third-order valence-electron chi connectivity index (χ3n) is 7.40. The second-order valence-corrected chi connectivity index (χ2v) is 9.87. The van der Waals surface area contributed by atoms with Crippen LogP contribution in [-0.2, 0) is 15.1 Å². The summed E-state index contributed by atoms with van der Waals surface area (Å²) >= 11 is 0. The van der Waals surface area contributed by atoms with Crippen LogP contribution in [0.4, 0.5) is 5.69 Å². The van der Waals surface area contributed by atoms with Gasteiger partial charge in [-0.05, 0) is 53.8 Å². The Balaban J connectivity index is 1.48. The minimum atomic E-state index is -0.984. The fourth-order valence-electron chi connectivity index (χ4n) is 5.28. The molecule has 1 saturated heterocycles. The molecule has 0 unspecified atom stereocenters. The van der Waals surface area contributed by atoms with Crippen molar-refractivity contribution in [2.45, 2.75) is 30.8 Å².